The predicted molar refractivity (Wildman–Crippen MR) is 96.5 cm³/mol. The highest BCUT2D eigenvalue weighted by Crippen LogP contribution is 2.36. The number of methoxy groups -OCH3 is 1. The van der Waals surface area contributed by atoms with Crippen molar-refractivity contribution in [1.29, 1.82) is 0 Å². The number of anilines is 1. The summed E-state index contributed by atoms with van der Waals surface area (Å²) in [6, 6.07) is 3.38. The lowest BCUT2D eigenvalue weighted by molar-refractivity contribution is -0.136. The standard InChI is InChI=1S/C18H18FN3O3S/c1-9-5-6-12(7-13(9)19)22-11(3)14(17(23)25-4)15(21-18(22)24)16-10(2)20-8-26-16/h5-8,15H,1-4H3,(H,21,24)/t15-/m0/s1. The van der Waals surface area contributed by atoms with Crippen LogP contribution in [0, 0.1) is 19.7 Å². The second kappa shape index (κ2) is 6.87. The Morgan fingerprint density at radius 2 is 2.08 bits per heavy atom. The fourth-order valence-corrected chi connectivity index (χ4v) is 3.79. The zero-order valence-electron chi connectivity index (χ0n) is 14.8. The maximum Gasteiger partial charge on any atom is 0.338 e. The Morgan fingerprint density at radius 3 is 2.65 bits per heavy atom. The van der Waals surface area contributed by atoms with E-state index in [1.807, 2.05) is 6.92 Å². The average Bonchev–Trinajstić information content (AvgIpc) is 3.02. The Morgan fingerprint density at radius 1 is 1.35 bits per heavy atom. The molecule has 0 bridgehead atoms. The monoisotopic (exact) mass is 375 g/mol. The van der Waals surface area contributed by atoms with Gasteiger partial charge in [-0.1, -0.05) is 6.07 Å². The predicted octanol–water partition coefficient (Wildman–Crippen LogP) is 3.62. The van der Waals surface area contributed by atoms with Gasteiger partial charge < -0.3 is 10.1 Å². The molecule has 1 atom stereocenters. The smallest absolute Gasteiger partial charge is 0.338 e. The van der Waals surface area contributed by atoms with Crippen LogP contribution < -0.4 is 10.2 Å². The van der Waals surface area contributed by atoms with Crippen LogP contribution in [0.5, 0.6) is 0 Å². The first-order chi connectivity index (χ1) is 12.3. The van der Waals surface area contributed by atoms with Gasteiger partial charge in [0.2, 0.25) is 0 Å². The van der Waals surface area contributed by atoms with Gasteiger partial charge in [-0.25, -0.2) is 19.0 Å². The number of urea groups is 1. The van der Waals surface area contributed by atoms with E-state index in [0.29, 0.717) is 22.5 Å². The van der Waals surface area contributed by atoms with E-state index in [-0.39, 0.29) is 0 Å². The molecule has 26 heavy (non-hydrogen) atoms. The van der Waals surface area contributed by atoms with Gasteiger partial charge in [-0.15, -0.1) is 11.3 Å². The minimum Gasteiger partial charge on any atom is -0.466 e. The molecule has 3 rings (SSSR count). The van der Waals surface area contributed by atoms with Crippen LogP contribution in [-0.2, 0) is 9.53 Å². The van der Waals surface area contributed by atoms with Crippen molar-refractivity contribution in [2.24, 2.45) is 0 Å². The van der Waals surface area contributed by atoms with Crippen LogP contribution in [0.15, 0.2) is 35.0 Å². The lowest BCUT2D eigenvalue weighted by Crippen LogP contribution is -2.48. The van der Waals surface area contributed by atoms with Crippen molar-refractivity contribution in [1.82, 2.24) is 10.3 Å². The third-order valence-corrected chi connectivity index (χ3v) is 5.34. The van der Waals surface area contributed by atoms with Crippen LogP contribution in [0.25, 0.3) is 0 Å². The molecule has 1 aromatic heterocycles. The number of allylic oxidation sites excluding steroid dienone is 1. The fraction of sp³-hybridized carbons (Fsp3) is 0.278. The number of benzene rings is 1. The number of nitrogens with one attached hydrogen (secondary N) is 1. The molecule has 0 aliphatic carbocycles. The van der Waals surface area contributed by atoms with Crippen LogP contribution in [0.2, 0.25) is 0 Å². The maximum absolute atomic E-state index is 14.0. The summed E-state index contributed by atoms with van der Waals surface area (Å²) in [5.74, 6) is -0.985. The van der Waals surface area contributed by atoms with Crippen LogP contribution in [-0.4, -0.2) is 24.1 Å². The maximum atomic E-state index is 14.0. The van der Waals surface area contributed by atoms with Crippen molar-refractivity contribution in [3.8, 4) is 0 Å². The molecule has 2 heterocycles. The number of ether oxygens (including phenoxy) is 1. The molecule has 1 aromatic carbocycles. The number of nitrogens with zero attached hydrogens (tertiary/aromatic N) is 2. The van der Waals surface area contributed by atoms with E-state index in [0.717, 1.165) is 10.6 Å². The van der Waals surface area contributed by atoms with Gasteiger partial charge in [0.05, 0.1) is 34.5 Å². The Kier molecular flexibility index (Phi) is 4.78. The van der Waals surface area contributed by atoms with Crippen molar-refractivity contribution in [3.05, 3.63) is 56.9 Å². The van der Waals surface area contributed by atoms with E-state index < -0.39 is 23.9 Å². The molecule has 0 saturated heterocycles. The molecule has 1 aliphatic rings. The van der Waals surface area contributed by atoms with Gasteiger partial charge in [0.1, 0.15) is 11.9 Å². The fourth-order valence-electron chi connectivity index (χ4n) is 2.93. The summed E-state index contributed by atoms with van der Waals surface area (Å²) in [6.07, 6.45) is 0. The normalized spacial score (nSPS) is 17.3. The second-order valence-corrected chi connectivity index (χ2v) is 6.83. The van der Waals surface area contributed by atoms with Crippen molar-refractivity contribution in [2.75, 3.05) is 12.0 Å². The minimum atomic E-state index is -0.658. The molecule has 0 saturated carbocycles. The molecule has 136 valence electrons. The van der Waals surface area contributed by atoms with Crippen LogP contribution in [0.4, 0.5) is 14.9 Å². The second-order valence-electron chi connectivity index (χ2n) is 5.94. The molecule has 1 N–H and O–H groups in total. The molecule has 8 heteroatoms. The number of carbonyl (C=O) groups is 2. The molecule has 2 amide bonds. The lowest BCUT2D eigenvalue weighted by atomic mass is 9.99. The summed E-state index contributed by atoms with van der Waals surface area (Å²) in [4.78, 5) is 31.4. The first-order valence-electron chi connectivity index (χ1n) is 7.91. The highest BCUT2D eigenvalue weighted by Gasteiger charge is 2.38. The number of amides is 2. The number of rotatable bonds is 3. The van der Waals surface area contributed by atoms with Crippen molar-refractivity contribution >= 4 is 29.0 Å². The van der Waals surface area contributed by atoms with Crippen molar-refractivity contribution in [2.45, 2.75) is 26.8 Å². The van der Waals surface area contributed by atoms with Gasteiger partial charge in [0.15, 0.2) is 0 Å². The van der Waals surface area contributed by atoms with Crippen LogP contribution >= 0.6 is 11.3 Å². The molecule has 6 nitrogen and oxygen atoms in total. The summed E-state index contributed by atoms with van der Waals surface area (Å²) in [5, 5.41) is 2.81. The van der Waals surface area contributed by atoms with Gasteiger partial charge >= 0.3 is 12.0 Å². The van der Waals surface area contributed by atoms with Crippen molar-refractivity contribution < 1.29 is 18.7 Å². The Balaban J connectivity index is 2.16. The van der Waals surface area contributed by atoms with E-state index in [1.54, 1.807) is 31.5 Å². The summed E-state index contributed by atoms with van der Waals surface area (Å²) in [6.45, 7) is 5.09. The molecular formula is C18H18FN3O3S. The molecule has 0 unspecified atom stereocenters. The van der Waals surface area contributed by atoms with Gasteiger partial charge in [0.25, 0.3) is 0 Å². The summed E-state index contributed by atoms with van der Waals surface area (Å²) >= 11 is 1.35. The molecule has 0 fully saturated rings. The highest BCUT2D eigenvalue weighted by molar-refractivity contribution is 7.09. The van der Waals surface area contributed by atoms with Gasteiger partial charge in [-0.2, -0.15) is 0 Å². The summed E-state index contributed by atoms with van der Waals surface area (Å²) in [5.41, 5.74) is 3.87. The number of hydrogen-bond acceptors (Lipinski definition) is 5. The number of thiazole rings is 1. The first kappa shape index (κ1) is 18.1. The average molecular weight is 375 g/mol. The number of aromatic nitrogens is 1. The Labute approximate surface area is 154 Å². The molecule has 0 radical (unpaired) electrons. The lowest BCUT2D eigenvalue weighted by Gasteiger charge is -2.34. The SMILES string of the molecule is COC(=O)C1=C(C)N(c2ccc(C)c(F)c2)C(=O)N[C@@H]1c1scnc1C. The summed E-state index contributed by atoms with van der Waals surface area (Å²) in [7, 11) is 1.28. The van der Waals surface area contributed by atoms with E-state index in [1.165, 1.54) is 29.4 Å². The quantitative estimate of drug-likeness (QED) is 0.832. The zero-order valence-corrected chi connectivity index (χ0v) is 15.6. The Bertz CT molecular complexity index is 922. The number of esters is 1. The van der Waals surface area contributed by atoms with Crippen LogP contribution in [0.1, 0.15) is 29.1 Å². The third-order valence-electron chi connectivity index (χ3n) is 4.35. The zero-order chi connectivity index (χ0) is 19.0. The third kappa shape index (κ3) is 2.96. The van der Waals surface area contributed by atoms with E-state index >= 15 is 0 Å². The molecule has 1 aliphatic heterocycles. The van der Waals surface area contributed by atoms with E-state index in [9.17, 15) is 14.0 Å². The Hall–Kier alpha value is -2.74. The molecular weight excluding hydrogens is 357 g/mol. The van der Waals surface area contributed by atoms with Crippen molar-refractivity contribution in [3.63, 3.8) is 0 Å². The minimum absolute atomic E-state index is 0.292. The van der Waals surface area contributed by atoms with E-state index in [4.69, 9.17) is 4.74 Å². The topological polar surface area (TPSA) is 71.5 Å². The number of hydrogen-bond donors (Lipinski definition) is 1. The van der Waals surface area contributed by atoms with Gasteiger partial charge in [0, 0.05) is 5.70 Å². The highest BCUT2D eigenvalue weighted by atomic mass is 32.1. The van der Waals surface area contributed by atoms with Crippen LogP contribution in [0.3, 0.4) is 0 Å². The first-order valence-corrected chi connectivity index (χ1v) is 8.79. The molecule has 2 aromatic rings. The number of halogens is 1. The molecule has 0 spiro atoms. The number of carbonyl (C=O) groups excluding carboxylic acids is 2. The summed E-state index contributed by atoms with van der Waals surface area (Å²) < 4.78 is 18.9. The van der Waals surface area contributed by atoms with E-state index in [2.05, 4.69) is 10.3 Å². The number of aryl methyl sites for hydroxylation is 2. The largest absolute Gasteiger partial charge is 0.466 e. The van der Waals surface area contributed by atoms with Gasteiger partial charge in [-0.3, -0.25) is 4.90 Å². The van der Waals surface area contributed by atoms with Gasteiger partial charge in [-0.05, 0) is 38.5 Å².